The topological polar surface area (TPSA) is 126 Å². The molecular weight excluding hydrogens is 474 g/mol. The largest absolute Gasteiger partial charge is 0.347 e. The van der Waals surface area contributed by atoms with E-state index in [1.807, 2.05) is 30.8 Å². The van der Waals surface area contributed by atoms with E-state index in [1.54, 1.807) is 0 Å². The highest BCUT2D eigenvalue weighted by Gasteiger charge is 2.26. The summed E-state index contributed by atoms with van der Waals surface area (Å²) in [4.78, 5) is 38.2. The van der Waals surface area contributed by atoms with E-state index in [-0.39, 0.29) is 29.2 Å². The Morgan fingerprint density at radius 3 is 2.69 bits per heavy atom. The fourth-order valence-electron chi connectivity index (χ4n) is 4.55. The summed E-state index contributed by atoms with van der Waals surface area (Å²) in [6, 6.07) is 7.40. The molecule has 10 heteroatoms. The van der Waals surface area contributed by atoms with Crippen molar-refractivity contribution in [2.24, 2.45) is 5.92 Å². The number of amides is 2. The zero-order chi connectivity index (χ0) is 25.2. The van der Waals surface area contributed by atoms with Gasteiger partial charge in [-0.15, -0.1) is 11.8 Å². The van der Waals surface area contributed by atoms with Gasteiger partial charge in [0.25, 0.3) is 11.8 Å². The molecule has 2 aliphatic rings. The van der Waals surface area contributed by atoms with Gasteiger partial charge in [0, 0.05) is 23.4 Å². The van der Waals surface area contributed by atoms with Crippen LogP contribution in [0.4, 0.5) is 0 Å². The van der Waals surface area contributed by atoms with Gasteiger partial charge in [0.2, 0.25) is 0 Å². The second kappa shape index (κ2) is 10.2. The lowest BCUT2D eigenvalue weighted by molar-refractivity contribution is 0.0931. The zero-order valence-electron chi connectivity index (χ0n) is 20.5. The second-order valence-corrected chi connectivity index (χ2v) is 10.7. The number of rotatable bonds is 7. The van der Waals surface area contributed by atoms with E-state index in [9.17, 15) is 9.59 Å². The number of aromatic amines is 1. The quantitative estimate of drug-likeness (QED) is 0.448. The van der Waals surface area contributed by atoms with Crippen molar-refractivity contribution in [1.82, 2.24) is 35.8 Å². The van der Waals surface area contributed by atoms with Gasteiger partial charge in [0.1, 0.15) is 23.5 Å². The summed E-state index contributed by atoms with van der Waals surface area (Å²) in [6.45, 7) is 6.77. The lowest BCUT2D eigenvalue weighted by Gasteiger charge is -2.14. The first-order valence-corrected chi connectivity index (χ1v) is 13.1. The molecule has 2 amide bonds. The van der Waals surface area contributed by atoms with E-state index < -0.39 is 0 Å². The number of thioether (sulfide) groups is 1. The molecule has 1 aliphatic carbocycles. The number of fused-ring (bicyclic) bond motifs is 1. The van der Waals surface area contributed by atoms with Crippen molar-refractivity contribution in [2.75, 3.05) is 6.54 Å². The molecular formula is C26H29N7O2S. The predicted octanol–water partition coefficient (Wildman–Crippen LogP) is 3.76. The van der Waals surface area contributed by atoms with Gasteiger partial charge in [0.15, 0.2) is 5.82 Å². The number of carbonyl (C=O) groups excluding carboxylic acids is 2. The van der Waals surface area contributed by atoms with E-state index in [0.29, 0.717) is 23.5 Å². The molecule has 0 radical (unpaired) electrons. The fourth-order valence-corrected chi connectivity index (χ4v) is 5.72. The van der Waals surface area contributed by atoms with Crippen molar-refractivity contribution in [3.63, 3.8) is 0 Å². The molecule has 3 N–H and O–H groups in total. The summed E-state index contributed by atoms with van der Waals surface area (Å²) in [6.07, 6.45) is 3.88. The third-order valence-electron chi connectivity index (χ3n) is 6.61. The first-order chi connectivity index (χ1) is 17.4. The van der Waals surface area contributed by atoms with Crippen molar-refractivity contribution in [1.29, 1.82) is 0 Å². The molecule has 3 aromatic rings. The number of aromatic nitrogens is 5. The Balaban J connectivity index is 1.21. The van der Waals surface area contributed by atoms with Crippen molar-refractivity contribution in [2.45, 2.75) is 51.3 Å². The van der Waals surface area contributed by atoms with E-state index in [2.05, 4.69) is 61.1 Å². The summed E-state index contributed by atoms with van der Waals surface area (Å²) >= 11 is 1.82. The number of aryl methyl sites for hydroxylation is 2. The van der Waals surface area contributed by atoms with Crippen molar-refractivity contribution in [3.8, 4) is 11.4 Å². The van der Waals surface area contributed by atoms with E-state index in [0.717, 1.165) is 36.2 Å². The van der Waals surface area contributed by atoms with Crippen LogP contribution in [0, 0.1) is 12.8 Å². The third-order valence-corrected chi connectivity index (χ3v) is 8.14. The number of H-pyrrole nitrogens is 1. The summed E-state index contributed by atoms with van der Waals surface area (Å²) in [5.74, 6) is 1.38. The Hall–Kier alpha value is -3.53. The standard InChI is InChI=1S/C26H29N7O2S/c1-14(2)23-8-16(12-36-23)11-27-25(34)21-10-22(29-13-28-21)26(35)31-20-7-5-17-9-18(4-6-19(17)20)24-30-15(3)32-33-24/h4,6,9-10,12-14,20,23H,5,7-8,11H2,1-3H3,(H,27,34)(H,31,35)(H,30,32,33)/t20-,23?/m0/s1. The summed E-state index contributed by atoms with van der Waals surface area (Å²) in [5.41, 5.74) is 4.76. The average Bonchev–Trinajstić information content (AvgIpc) is 3.62. The maximum Gasteiger partial charge on any atom is 0.270 e. The molecule has 9 nitrogen and oxygen atoms in total. The molecule has 36 heavy (non-hydrogen) atoms. The van der Waals surface area contributed by atoms with Crippen molar-refractivity contribution in [3.05, 3.63) is 69.9 Å². The molecule has 3 heterocycles. The van der Waals surface area contributed by atoms with Crippen molar-refractivity contribution >= 4 is 23.6 Å². The summed E-state index contributed by atoms with van der Waals surface area (Å²) in [5, 5.41) is 15.8. The highest BCUT2D eigenvalue weighted by Crippen LogP contribution is 2.35. The normalized spacial score (nSPS) is 18.7. The van der Waals surface area contributed by atoms with Gasteiger partial charge < -0.3 is 10.6 Å². The van der Waals surface area contributed by atoms with E-state index in [1.165, 1.54) is 23.5 Å². The number of hydrogen-bond donors (Lipinski definition) is 3. The van der Waals surface area contributed by atoms with Crippen LogP contribution in [0.3, 0.4) is 0 Å². The van der Waals surface area contributed by atoms with Crippen LogP contribution >= 0.6 is 11.8 Å². The van der Waals surface area contributed by atoms with Gasteiger partial charge in [-0.1, -0.05) is 26.0 Å². The monoisotopic (exact) mass is 503 g/mol. The van der Waals surface area contributed by atoms with Gasteiger partial charge in [-0.2, -0.15) is 5.10 Å². The number of carbonyl (C=O) groups is 2. The van der Waals surface area contributed by atoms with E-state index in [4.69, 9.17) is 0 Å². The highest BCUT2D eigenvalue weighted by molar-refractivity contribution is 8.03. The van der Waals surface area contributed by atoms with E-state index >= 15 is 0 Å². The van der Waals surface area contributed by atoms with Crippen LogP contribution in [0.2, 0.25) is 0 Å². The Morgan fingerprint density at radius 1 is 1.17 bits per heavy atom. The first-order valence-electron chi connectivity index (χ1n) is 12.1. The van der Waals surface area contributed by atoms with Gasteiger partial charge in [-0.25, -0.2) is 15.0 Å². The first kappa shape index (κ1) is 24.2. The Kier molecular flexibility index (Phi) is 6.86. The van der Waals surface area contributed by atoms with Crippen LogP contribution in [0.1, 0.15) is 70.7 Å². The highest BCUT2D eigenvalue weighted by atomic mass is 32.2. The maximum atomic E-state index is 13.0. The van der Waals surface area contributed by atoms with Crippen LogP contribution < -0.4 is 10.6 Å². The minimum Gasteiger partial charge on any atom is -0.347 e. The zero-order valence-corrected chi connectivity index (χ0v) is 21.4. The molecule has 2 aromatic heterocycles. The van der Waals surface area contributed by atoms with Gasteiger partial charge in [-0.05, 0) is 60.3 Å². The van der Waals surface area contributed by atoms with Gasteiger partial charge in [0.05, 0.1) is 6.04 Å². The fraction of sp³-hybridized carbons (Fsp3) is 0.385. The molecule has 0 bridgehead atoms. The van der Waals surface area contributed by atoms with Crippen LogP contribution in [0.15, 0.2) is 41.6 Å². The third kappa shape index (κ3) is 5.18. The molecule has 186 valence electrons. The minimum atomic E-state index is -0.326. The molecule has 2 atom stereocenters. The Labute approximate surface area is 214 Å². The smallest absolute Gasteiger partial charge is 0.270 e. The molecule has 0 saturated carbocycles. The summed E-state index contributed by atoms with van der Waals surface area (Å²) in [7, 11) is 0. The van der Waals surface area contributed by atoms with Crippen LogP contribution in [-0.2, 0) is 6.42 Å². The molecule has 5 rings (SSSR count). The Bertz CT molecular complexity index is 1330. The van der Waals surface area contributed by atoms with Crippen LogP contribution in [0.25, 0.3) is 11.4 Å². The Morgan fingerprint density at radius 2 is 1.97 bits per heavy atom. The number of nitrogens with zero attached hydrogens (tertiary/aromatic N) is 4. The molecule has 0 saturated heterocycles. The lowest BCUT2D eigenvalue weighted by atomic mass is 10.0. The SMILES string of the molecule is Cc1nc(-c2ccc3c(c2)CC[C@@H]3NC(=O)c2cc(C(=O)NCC3=CSC(C(C)C)C3)ncn2)n[nH]1. The molecule has 0 spiro atoms. The van der Waals surface area contributed by atoms with Gasteiger partial charge >= 0.3 is 0 Å². The maximum absolute atomic E-state index is 13.0. The van der Waals surface area contributed by atoms with Crippen LogP contribution in [-0.4, -0.2) is 48.8 Å². The number of benzene rings is 1. The lowest BCUT2D eigenvalue weighted by Crippen LogP contribution is -2.30. The molecule has 1 unspecified atom stereocenters. The molecule has 1 aromatic carbocycles. The average molecular weight is 504 g/mol. The number of hydrogen-bond acceptors (Lipinski definition) is 7. The van der Waals surface area contributed by atoms with Gasteiger partial charge in [-0.3, -0.25) is 14.7 Å². The molecule has 1 aliphatic heterocycles. The summed E-state index contributed by atoms with van der Waals surface area (Å²) < 4.78 is 0. The van der Waals surface area contributed by atoms with Crippen LogP contribution in [0.5, 0.6) is 0 Å². The second-order valence-electron chi connectivity index (χ2n) is 9.59. The van der Waals surface area contributed by atoms with Crippen molar-refractivity contribution < 1.29 is 9.59 Å². The molecule has 0 fully saturated rings. The predicted molar refractivity (Wildman–Crippen MR) is 138 cm³/mol. The minimum absolute atomic E-state index is 0.122. The number of nitrogens with one attached hydrogen (secondary N) is 3.